The van der Waals surface area contributed by atoms with Crippen LogP contribution in [0.1, 0.15) is 20.7 Å². The van der Waals surface area contributed by atoms with E-state index in [1.54, 1.807) is 0 Å². The smallest absolute Gasteiger partial charge is 0.335 e. The maximum atomic E-state index is 12.1. The number of hydrogen-bond donors (Lipinski definition) is 3. The van der Waals surface area contributed by atoms with E-state index >= 15 is 0 Å². The number of amides is 1. The molecule has 0 bridgehead atoms. The Balaban J connectivity index is 2.36. The van der Waals surface area contributed by atoms with E-state index in [1.807, 2.05) is 0 Å². The standard InChI is InChI=1S/C14H12N2O5/c1-21-12-3-2-8(14(19)20)6-10(12)16-13(18)9-7-15-5-4-11(9)17/h2-7H,1H3,(H,15,17)(H,16,18)(H,19,20). The first-order valence-electron chi connectivity index (χ1n) is 5.92. The highest BCUT2D eigenvalue weighted by Gasteiger charge is 2.14. The van der Waals surface area contributed by atoms with Crippen molar-refractivity contribution in [2.45, 2.75) is 0 Å². The first kappa shape index (κ1) is 14.3. The Morgan fingerprint density at radius 3 is 2.67 bits per heavy atom. The molecule has 7 heteroatoms. The molecule has 0 saturated heterocycles. The summed E-state index contributed by atoms with van der Waals surface area (Å²) in [5.41, 5.74) is -0.362. The fourth-order valence-electron chi connectivity index (χ4n) is 1.72. The quantitative estimate of drug-likeness (QED) is 0.786. The van der Waals surface area contributed by atoms with Crippen LogP contribution in [-0.4, -0.2) is 29.1 Å². The van der Waals surface area contributed by atoms with Gasteiger partial charge in [-0.15, -0.1) is 0 Å². The lowest BCUT2D eigenvalue weighted by atomic mass is 10.1. The summed E-state index contributed by atoms with van der Waals surface area (Å²) in [4.78, 5) is 37.2. The summed E-state index contributed by atoms with van der Waals surface area (Å²) >= 11 is 0. The number of aromatic nitrogens is 1. The highest BCUT2D eigenvalue weighted by atomic mass is 16.5. The molecule has 0 aliphatic carbocycles. The zero-order chi connectivity index (χ0) is 15.4. The monoisotopic (exact) mass is 288 g/mol. The third-order valence-corrected chi connectivity index (χ3v) is 2.76. The Morgan fingerprint density at radius 1 is 1.29 bits per heavy atom. The summed E-state index contributed by atoms with van der Waals surface area (Å²) in [7, 11) is 1.39. The van der Waals surface area contributed by atoms with E-state index in [0.717, 1.165) is 0 Å². The second-order valence-corrected chi connectivity index (χ2v) is 4.10. The van der Waals surface area contributed by atoms with Crippen molar-refractivity contribution in [2.24, 2.45) is 0 Å². The van der Waals surface area contributed by atoms with E-state index in [4.69, 9.17) is 9.84 Å². The van der Waals surface area contributed by atoms with Gasteiger partial charge in [-0.1, -0.05) is 0 Å². The predicted octanol–water partition coefficient (Wildman–Crippen LogP) is 1.33. The van der Waals surface area contributed by atoms with Crippen LogP contribution >= 0.6 is 0 Å². The summed E-state index contributed by atoms with van der Waals surface area (Å²) in [6.45, 7) is 0. The summed E-state index contributed by atoms with van der Waals surface area (Å²) in [6.07, 6.45) is 2.68. The number of carboxylic acids is 1. The number of benzene rings is 1. The fourth-order valence-corrected chi connectivity index (χ4v) is 1.72. The molecular weight excluding hydrogens is 276 g/mol. The molecule has 108 valence electrons. The number of carboxylic acid groups (broad SMARTS) is 1. The van der Waals surface area contributed by atoms with Crippen LogP contribution in [0.2, 0.25) is 0 Å². The van der Waals surface area contributed by atoms with E-state index in [2.05, 4.69) is 10.3 Å². The molecule has 0 unspecified atom stereocenters. The molecule has 0 fully saturated rings. The number of pyridine rings is 1. The number of rotatable bonds is 4. The average molecular weight is 288 g/mol. The fraction of sp³-hybridized carbons (Fsp3) is 0.0714. The Labute approximate surface area is 119 Å². The molecular formula is C14H12N2O5. The molecule has 2 aromatic rings. The molecule has 1 amide bonds. The molecule has 0 saturated carbocycles. The topological polar surface area (TPSA) is 108 Å². The second-order valence-electron chi connectivity index (χ2n) is 4.10. The van der Waals surface area contributed by atoms with Gasteiger partial charge in [-0.05, 0) is 18.2 Å². The van der Waals surface area contributed by atoms with Crippen LogP contribution in [0.25, 0.3) is 0 Å². The molecule has 1 aromatic heterocycles. The Morgan fingerprint density at radius 2 is 2.05 bits per heavy atom. The van der Waals surface area contributed by atoms with Gasteiger partial charge in [0.25, 0.3) is 5.91 Å². The van der Waals surface area contributed by atoms with Crippen LogP contribution in [0.3, 0.4) is 0 Å². The van der Waals surface area contributed by atoms with Crippen molar-refractivity contribution in [3.8, 4) is 5.75 Å². The van der Waals surface area contributed by atoms with Gasteiger partial charge in [0.15, 0.2) is 5.43 Å². The molecule has 1 aromatic carbocycles. The summed E-state index contributed by atoms with van der Waals surface area (Å²) < 4.78 is 5.05. The number of methoxy groups -OCH3 is 1. The first-order valence-corrected chi connectivity index (χ1v) is 5.92. The van der Waals surface area contributed by atoms with Crippen molar-refractivity contribution < 1.29 is 19.4 Å². The molecule has 0 aliphatic rings. The second kappa shape index (κ2) is 5.91. The minimum absolute atomic E-state index is 0.00642. The minimum Gasteiger partial charge on any atom is -0.495 e. The lowest BCUT2D eigenvalue weighted by Gasteiger charge is -2.10. The van der Waals surface area contributed by atoms with Crippen molar-refractivity contribution in [1.29, 1.82) is 0 Å². The Hall–Kier alpha value is -3.09. The van der Waals surface area contributed by atoms with Crippen LogP contribution in [0.15, 0.2) is 41.5 Å². The third-order valence-electron chi connectivity index (χ3n) is 2.76. The summed E-state index contributed by atoms with van der Waals surface area (Å²) in [5.74, 6) is -1.50. The van der Waals surface area contributed by atoms with Crippen LogP contribution in [0, 0.1) is 0 Å². The Bertz CT molecular complexity index is 751. The van der Waals surface area contributed by atoms with Crippen LogP contribution < -0.4 is 15.5 Å². The maximum absolute atomic E-state index is 12.1. The number of hydrogen-bond acceptors (Lipinski definition) is 4. The largest absolute Gasteiger partial charge is 0.495 e. The molecule has 1 heterocycles. The number of H-pyrrole nitrogens is 1. The van der Waals surface area contributed by atoms with Gasteiger partial charge in [-0.3, -0.25) is 9.59 Å². The molecule has 0 radical (unpaired) electrons. The first-order chi connectivity index (χ1) is 10.0. The zero-order valence-electron chi connectivity index (χ0n) is 11.0. The lowest BCUT2D eigenvalue weighted by molar-refractivity contribution is 0.0696. The highest BCUT2D eigenvalue weighted by Crippen LogP contribution is 2.25. The van der Waals surface area contributed by atoms with E-state index in [-0.39, 0.29) is 16.8 Å². The average Bonchev–Trinajstić information content (AvgIpc) is 2.47. The molecule has 0 spiro atoms. The van der Waals surface area contributed by atoms with Crippen LogP contribution in [-0.2, 0) is 0 Å². The number of carbonyl (C=O) groups excluding carboxylic acids is 1. The van der Waals surface area contributed by atoms with Gasteiger partial charge >= 0.3 is 5.97 Å². The van der Waals surface area contributed by atoms with Gasteiger partial charge in [0.05, 0.1) is 18.4 Å². The normalized spacial score (nSPS) is 9.95. The number of carbonyl (C=O) groups is 2. The number of aromatic amines is 1. The molecule has 7 nitrogen and oxygen atoms in total. The van der Waals surface area contributed by atoms with E-state index in [0.29, 0.717) is 5.75 Å². The van der Waals surface area contributed by atoms with Gasteiger partial charge < -0.3 is 20.1 Å². The van der Waals surface area contributed by atoms with E-state index in [1.165, 1.54) is 43.8 Å². The van der Waals surface area contributed by atoms with Crippen molar-refractivity contribution in [2.75, 3.05) is 12.4 Å². The summed E-state index contributed by atoms with van der Waals surface area (Å²) in [5, 5.41) is 11.4. The molecule has 0 aliphatic heterocycles. The number of aromatic carboxylic acids is 1. The number of nitrogens with one attached hydrogen (secondary N) is 2. The Kier molecular flexibility index (Phi) is 4.03. The minimum atomic E-state index is -1.13. The molecule has 21 heavy (non-hydrogen) atoms. The highest BCUT2D eigenvalue weighted by molar-refractivity contribution is 6.05. The molecule has 2 rings (SSSR count). The van der Waals surface area contributed by atoms with Crippen molar-refractivity contribution in [3.63, 3.8) is 0 Å². The third kappa shape index (κ3) is 3.08. The SMILES string of the molecule is COc1ccc(C(=O)O)cc1NC(=O)c1c[nH]ccc1=O. The van der Waals surface area contributed by atoms with Gasteiger partial charge in [0, 0.05) is 18.5 Å². The van der Waals surface area contributed by atoms with Crippen LogP contribution in [0.4, 0.5) is 5.69 Å². The lowest BCUT2D eigenvalue weighted by Crippen LogP contribution is -2.21. The van der Waals surface area contributed by atoms with Crippen LogP contribution in [0.5, 0.6) is 5.75 Å². The molecule has 0 atom stereocenters. The van der Waals surface area contributed by atoms with E-state index in [9.17, 15) is 14.4 Å². The van der Waals surface area contributed by atoms with Gasteiger partial charge in [0.1, 0.15) is 11.3 Å². The summed E-state index contributed by atoms with van der Waals surface area (Å²) in [6, 6.07) is 5.26. The van der Waals surface area contributed by atoms with Crippen molar-refractivity contribution >= 4 is 17.6 Å². The van der Waals surface area contributed by atoms with E-state index < -0.39 is 17.3 Å². The van der Waals surface area contributed by atoms with Gasteiger partial charge in [-0.25, -0.2) is 4.79 Å². The van der Waals surface area contributed by atoms with Crippen molar-refractivity contribution in [3.05, 3.63) is 58.0 Å². The zero-order valence-corrected chi connectivity index (χ0v) is 11.0. The number of anilines is 1. The van der Waals surface area contributed by atoms with Crippen molar-refractivity contribution in [1.82, 2.24) is 4.98 Å². The predicted molar refractivity (Wildman–Crippen MR) is 75.0 cm³/mol. The van der Waals surface area contributed by atoms with Gasteiger partial charge in [0.2, 0.25) is 0 Å². The maximum Gasteiger partial charge on any atom is 0.335 e. The molecule has 3 N–H and O–H groups in total. The van der Waals surface area contributed by atoms with Gasteiger partial charge in [-0.2, -0.15) is 0 Å². The number of ether oxygens (including phenoxy) is 1.